The zero-order valence-corrected chi connectivity index (χ0v) is 10.2. The molecule has 0 fully saturated rings. The van der Waals surface area contributed by atoms with Gasteiger partial charge in [-0.25, -0.2) is 8.91 Å². The van der Waals surface area contributed by atoms with Crippen LogP contribution in [0.4, 0.5) is 10.3 Å². The average molecular weight is 258 g/mol. The molecule has 0 aliphatic carbocycles. The summed E-state index contributed by atoms with van der Waals surface area (Å²) in [4.78, 5) is 4.01. The molecular weight excluding hydrogens is 247 g/mol. The molecule has 6 heteroatoms. The predicted molar refractivity (Wildman–Crippen MR) is 69.3 cm³/mol. The molecule has 0 amide bonds. The predicted octanol–water partition coefficient (Wildman–Crippen LogP) is 2.13. The van der Waals surface area contributed by atoms with Crippen LogP contribution in [0.2, 0.25) is 0 Å². The third-order valence-electron chi connectivity index (χ3n) is 2.83. The molecule has 2 aromatic heterocycles. The Kier molecular flexibility index (Phi) is 2.56. The van der Waals surface area contributed by atoms with E-state index in [0.29, 0.717) is 22.5 Å². The minimum atomic E-state index is -0.355. The molecule has 5 nitrogen and oxygen atoms in total. The van der Waals surface area contributed by atoms with E-state index in [2.05, 4.69) is 10.1 Å². The number of benzene rings is 1. The fourth-order valence-electron chi connectivity index (χ4n) is 1.92. The number of hydrogen-bond donors (Lipinski definition) is 1. The van der Waals surface area contributed by atoms with Crippen molar-refractivity contribution < 1.29 is 9.13 Å². The Morgan fingerprint density at radius 3 is 2.84 bits per heavy atom. The molecule has 0 bridgehead atoms. The van der Waals surface area contributed by atoms with Crippen molar-refractivity contribution in [1.82, 2.24) is 14.6 Å². The van der Waals surface area contributed by atoms with E-state index >= 15 is 0 Å². The van der Waals surface area contributed by atoms with Crippen LogP contribution in [0.25, 0.3) is 16.8 Å². The number of hydrogen-bond acceptors (Lipinski definition) is 4. The van der Waals surface area contributed by atoms with Gasteiger partial charge in [0.15, 0.2) is 5.65 Å². The summed E-state index contributed by atoms with van der Waals surface area (Å²) in [6.07, 6.45) is 1.68. The number of halogens is 1. The van der Waals surface area contributed by atoms with Gasteiger partial charge in [-0.05, 0) is 24.3 Å². The zero-order valence-electron chi connectivity index (χ0n) is 10.2. The van der Waals surface area contributed by atoms with E-state index in [9.17, 15) is 4.39 Å². The highest BCUT2D eigenvalue weighted by Gasteiger charge is 2.08. The number of nitrogen functional groups attached to an aromatic ring is 1. The van der Waals surface area contributed by atoms with E-state index in [1.54, 1.807) is 30.5 Å². The molecule has 0 aliphatic rings. The molecule has 0 atom stereocenters. The summed E-state index contributed by atoms with van der Waals surface area (Å²) in [5.41, 5.74) is 7.30. The van der Waals surface area contributed by atoms with Crippen molar-refractivity contribution in [3.05, 3.63) is 42.3 Å². The SMILES string of the molecule is COc1ccc(-c2ccc3nc(N)nn3c2)c(F)c1. The van der Waals surface area contributed by atoms with Gasteiger partial charge in [0.25, 0.3) is 0 Å². The summed E-state index contributed by atoms with van der Waals surface area (Å²) in [6.45, 7) is 0. The van der Waals surface area contributed by atoms with Gasteiger partial charge in [0.2, 0.25) is 5.95 Å². The monoisotopic (exact) mass is 258 g/mol. The maximum atomic E-state index is 14.0. The molecule has 96 valence electrons. The molecule has 0 saturated carbocycles. The molecular formula is C13H11FN4O. The van der Waals surface area contributed by atoms with Gasteiger partial charge in [-0.1, -0.05) is 0 Å². The van der Waals surface area contributed by atoms with Gasteiger partial charge < -0.3 is 10.5 Å². The van der Waals surface area contributed by atoms with Crippen LogP contribution in [-0.4, -0.2) is 21.7 Å². The largest absolute Gasteiger partial charge is 0.497 e. The van der Waals surface area contributed by atoms with Crippen LogP contribution in [0.3, 0.4) is 0 Å². The molecule has 3 rings (SSSR count). The van der Waals surface area contributed by atoms with Crippen LogP contribution < -0.4 is 10.5 Å². The molecule has 0 aliphatic heterocycles. The number of aromatic nitrogens is 3. The van der Waals surface area contributed by atoms with E-state index in [1.165, 1.54) is 17.7 Å². The zero-order chi connectivity index (χ0) is 13.4. The second-order valence-electron chi connectivity index (χ2n) is 4.04. The maximum absolute atomic E-state index is 14.0. The number of pyridine rings is 1. The first-order valence-electron chi connectivity index (χ1n) is 5.63. The lowest BCUT2D eigenvalue weighted by atomic mass is 10.1. The van der Waals surface area contributed by atoms with Gasteiger partial charge >= 0.3 is 0 Å². The van der Waals surface area contributed by atoms with Crippen LogP contribution in [0.1, 0.15) is 0 Å². The number of nitrogens with two attached hydrogens (primary N) is 1. The Morgan fingerprint density at radius 1 is 1.26 bits per heavy atom. The van der Waals surface area contributed by atoms with Crippen LogP contribution in [0, 0.1) is 5.82 Å². The quantitative estimate of drug-likeness (QED) is 0.764. The van der Waals surface area contributed by atoms with Gasteiger partial charge in [0.05, 0.1) is 7.11 Å². The fourth-order valence-corrected chi connectivity index (χ4v) is 1.92. The van der Waals surface area contributed by atoms with Crippen LogP contribution in [0.15, 0.2) is 36.5 Å². The van der Waals surface area contributed by atoms with Crippen molar-refractivity contribution in [2.45, 2.75) is 0 Å². The fraction of sp³-hybridized carbons (Fsp3) is 0.0769. The molecule has 0 unspecified atom stereocenters. The minimum Gasteiger partial charge on any atom is -0.497 e. The normalized spacial score (nSPS) is 10.8. The second kappa shape index (κ2) is 4.24. The first kappa shape index (κ1) is 11.5. The first-order chi connectivity index (χ1) is 9.17. The molecule has 2 N–H and O–H groups in total. The van der Waals surface area contributed by atoms with Crippen LogP contribution in [-0.2, 0) is 0 Å². The number of ether oxygens (including phenoxy) is 1. The lowest BCUT2D eigenvalue weighted by Gasteiger charge is -2.06. The van der Waals surface area contributed by atoms with E-state index in [-0.39, 0.29) is 11.8 Å². The molecule has 3 aromatic rings. The van der Waals surface area contributed by atoms with Gasteiger partial charge in [-0.3, -0.25) is 0 Å². The third kappa shape index (κ3) is 1.97. The minimum absolute atomic E-state index is 0.187. The van der Waals surface area contributed by atoms with Crippen molar-refractivity contribution in [3.63, 3.8) is 0 Å². The van der Waals surface area contributed by atoms with Crippen molar-refractivity contribution in [3.8, 4) is 16.9 Å². The Labute approximate surface area is 108 Å². The Balaban J connectivity index is 2.12. The van der Waals surface area contributed by atoms with Crippen molar-refractivity contribution in [2.24, 2.45) is 0 Å². The van der Waals surface area contributed by atoms with Crippen molar-refractivity contribution in [1.29, 1.82) is 0 Å². The molecule has 19 heavy (non-hydrogen) atoms. The standard InChI is InChI=1S/C13H11FN4O/c1-19-9-3-4-10(11(14)6-9)8-2-5-12-16-13(15)17-18(12)7-8/h2-7H,1H3,(H2,15,17). The van der Waals surface area contributed by atoms with Gasteiger partial charge in [-0.2, -0.15) is 4.98 Å². The van der Waals surface area contributed by atoms with Crippen molar-refractivity contribution >= 4 is 11.6 Å². The first-order valence-corrected chi connectivity index (χ1v) is 5.63. The molecule has 0 radical (unpaired) electrons. The summed E-state index contributed by atoms with van der Waals surface area (Å²) in [6, 6.07) is 8.22. The highest BCUT2D eigenvalue weighted by atomic mass is 19.1. The molecule has 2 heterocycles. The summed E-state index contributed by atoms with van der Waals surface area (Å²) >= 11 is 0. The molecule has 0 saturated heterocycles. The maximum Gasteiger partial charge on any atom is 0.240 e. The smallest absolute Gasteiger partial charge is 0.240 e. The van der Waals surface area contributed by atoms with Crippen LogP contribution in [0.5, 0.6) is 5.75 Å². The number of rotatable bonds is 2. The second-order valence-corrected chi connectivity index (χ2v) is 4.04. The van der Waals surface area contributed by atoms with E-state index in [4.69, 9.17) is 10.5 Å². The number of nitrogens with zero attached hydrogens (tertiary/aromatic N) is 3. The molecule has 1 aromatic carbocycles. The van der Waals surface area contributed by atoms with E-state index < -0.39 is 0 Å². The van der Waals surface area contributed by atoms with Gasteiger partial charge in [0, 0.05) is 23.4 Å². The average Bonchev–Trinajstić information content (AvgIpc) is 2.77. The Bertz CT molecular complexity index is 753. The molecule has 0 spiro atoms. The summed E-state index contributed by atoms with van der Waals surface area (Å²) in [5, 5.41) is 4.00. The Hall–Kier alpha value is -2.63. The summed E-state index contributed by atoms with van der Waals surface area (Å²) in [5.74, 6) is 0.312. The highest BCUT2D eigenvalue weighted by molar-refractivity contribution is 5.66. The highest BCUT2D eigenvalue weighted by Crippen LogP contribution is 2.26. The van der Waals surface area contributed by atoms with E-state index in [1.807, 2.05) is 0 Å². The summed E-state index contributed by atoms with van der Waals surface area (Å²) in [7, 11) is 1.50. The van der Waals surface area contributed by atoms with Crippen LogP contribution >= 0.6 is 0 Å². The Morgan fingerprint density at radius 2 is 2.11 bits per heavy atom. The third-order valence-corrected chi connectivity index (χ3v) is 2.83. The number of anilines is 1. The van der Waals surface area contributed by atoms with Gasteiger partial charge in [-0.15, -0.1) is 5.10 Å². The van der Waals surface area contributed by atoms with E-state index in [0.717, 1.165) is 0 Å². The van der Waals surface area contributed by atoms with Crippen molar-refractivity contribution in [2.75, 3.05) is 12.8 Å². The van der Waals surface area contributed by atoms with Gasteiger partial charge in [0.1, 0.15) is 11.6 Å². The summed E-state index contributed by atoms with van der Waals surface area (Å²) < 4.78 is 20.5. The lowest BCUT2D eigenvalue weighted by Crippen LogP contribution is -1.92. The number of fused-ring (bicyclic) bond motifs is 1. The number of methoxy groups -OCH3 is 1. The topological polar surface area (TPSA) is 65.4 Å². The lowest BCUT2D eigenvalue weighted by molar-refractivity contribution is 0.411.